The normalized spacial score (nSPS) is 14.9. The van der Waals surface area contributed by atoms with Crippen LogP contribution in [0.2, 0.25) is 0 Å². The van der Waals surface area contributed by atoms with Gasteiger partial charge in [-0.25, -0.2) is 9.37 Å². The maximum absolute atomic E-state index is 14.5. The summed E-state index contributed by atoms with van der Waals surface area (Å²) in [6.07, 6.45) is 0. The zero-order valence-corrected chi connectivity index (χ0v) is 19.0. The Morgan fingerprint density at radius 1 is 1.15 bits per heavy atom. The number of para-hydroxylation sites is 1. The van der Waals surface area contributed by atoms with E-state index in [1.165, 1.54) is 17.4 Å². The maximum atomic E-state index is 14.5. The molecule has 0 aliphatic carbocycles. The third kappa shape index (κ3) is 4.15. The Hall–Kier alpha value is -3.14. The van der Waals surface area contributed by atoms with E-state index in [4.69, 9.17) is 4.74 Å². The molecule has 1 saturated heterocycles. The van der Waals surface area contributed by atoms with Gasteiger partial charge in [-0.1, -0.05) is 18.2 Å². The number of carbonyl (C=O) groups is 1. The monoisotopic (exact) mass is 466 g/mol. The van der Waals surface area contributed by atoms with Crippen molar-refractivity contribution in [3.8, 4) is 0 Å². The molecule has 5 rings (SSSR count). The van der Waals surface area contributed by atoms with Gasteiger partial charge in [0.25, 0.3) is 11.5 Å². The largest absolute Gasteiger partial charge is 0.380 e. The van der Waals surface area contributed by atoms with Gasteiger partial charge < -0.3 is 14.6 Å². The molecule has 1 amide bonds. The fraction of sp³-hybridized carbons (Fsp3) is 0.292. The molecule has 4 aromatic rings. The third-order valence-corrected chi connectivity index (χ3v) is 7.13. The first-order valence-electron chi connectivity index (χ1n) is 10.7. The van der Waals surface area contributed by atoms with Gasteiger partial charge >= 0.3 is 0 Å². The van der Waals surface area contributed by atoms with E-state index < -0.39 is 0 Å². The van der Waals surface area contributed by atoms with Crippen molar-refractivity contribution in [2.24, 2.45) is 0 Å². The molecule has 0 radical (unpaired) electrons. The fourth-order valence-electron chi connectivity index (χ4n) is 4.30. The molecule has 2 aromatic carbocycles. The third-order valence-electron chi connectivity index (χ3n) is 5.94. The first kappa shape index (κ1) is 21.7. The van der Waals surface area contributed by atoms with Gasteiger partial charge in [0.05, 0.1) is 28.9 Å². The molecule has 0 bridgehead atoms. The van der Waals surface area contributed by atoms with Gasteiger partial charge in [0.15, 0.2) is 0 Å². The number of thiophene rings is 1. The lowest BCUT2D eigenvalue weighted by Gasteiger charge is -2.34. The molecule has 3 heterocycles. The predicted molar refractivity (Wildman–Crippen MR) is 126 cm³/mol. The number of H-pyrrole nitrogens is 1. The minimum Gasteiger partial charge on any atom is -0.380 e. The number of aromatic nitrogens is 2. The van der Waals surface area contributed by atoms with Crippen LogP contribution in [0.15, 0.2) is 47.3 Å². The highest BCUT2D eigenvalue weighted by Crippen LogP contribution is 2.34. The van der Waals surface area contributed by atoms with Crippen molar-refractivity contribution >= 4 is 38.2 Å². The van der Waals surface area contributed by atoms with Crippen LogP contribution in [0.3, 0.4) is 0 Å². The Labute approximate surface area is 193 Å². The quantitative estimate of drug-likeness (QED) is 0.488. The lowest BCUT2D eigenvalue weighted by atomic mass is 10.1. The number of halogens is 1. The van der Waals surface area contributed by atoms with E-state index in [1.807, 2.05) is 24.3 Å². The standard InChI is InChI=1S/C24H23FN4O3S/c1-32-14-16-21-17(25)6-4-8-19(21)33-22(16)24(31)29-11-9-28(10-12-29)13-20-26-18-7-3-2-5-15(18)23(30)27-20/h2-8H,9-14H2,1H3,(H,26,27,30). The highest BCUT2D eigenvalue weighted by Gasteiger charge is 2.27. The van der Waals surface area contributed by atoms with Crippen molar-refractivity contribution in [2.75, 3.05) is 33.3 Å². The van der Waals surface area contributed by atoms with Gasteiger partial charge in [0.2, 0.25) is 0 Å². The van der Waals surface area contributed by atoms with Crippen LogP contribution >= 0.6 is 11.3 Å². The number of ether oxygens (including phenoxy) is 1. The lowest BCUT2D eigenvalue weighted by Crippen LogP contribution is -2.48. The molecule has 0 unspecified atom stereocenters. The van der Waals surface area contributed by atoms with E-state index in [1.54, 1.807) is 24.1 Å². The van der Waals surface area contributed by atoms with Crippen molar-refractivity contribution in [3.63, 3.8) is 0 Å². The average molecular weight is 467 g/mol. The molecule has 9 heteroatoms. The van der Waals surface area contributed by atoms with E-state index in [0.29, 0.717) is 65.3 Å². The molecule has 0 spiro atoms. The number of carbonyl (C=O) groups excluding carboxylic acids is 1. The summed E-state index contributed by atoms with van der Waals surface area (Å²) in [5, 5.41) is 1.04. The van der Waals surface area contributed by atoms with Crippen LogP contribution in [-0.4, -0.2) is 59.0 Å². The lowest BCUT2D eigenvalue weighted by molar-refractivity contribution is 0.0626. The van der Waals surface area contributed by atoms with Gasteiger partial charge in [-0.05, 0) is 24.3 Å². The summed E-state index contributed by atoms with van der Waals surface area (Å²) in [5.41, 5.74) is 1.14. The number of methoxy groups -OCH3 is 1. The number of hydrogen-bond donors (Lipinski definition) is 1. The second kappa shape index (κ2) is 9.01. The predicted octanol–water partition coefficient (Wildman–Crippen LogP) is 3.38. The number of rotatable bonds is 5. The molecule has 33 heavy (non-hydrogen) atoms. The summed E-state index contributed by atoms with van der Waals surface area (Å²) in [6, 6.07) is 12.2. The summed E-state index contributed by atoms with van der Waals surface area (Å²) in [4.78, 5) is 37.6. The number of fused-ring (bicyclic) bond motifs is 2. The fourth-order valence-corrected chi connectivity index (χ4v) is 5.49. The van der Waals surface area contributed by atoms with Crippen molar-refractivity contribution in [2.45, 2.75) is 13.2 Å². The zero-order valence-electron chi connectivity index (χ0n) is 18.1. The summed E-state index contributed by atoms with van der Waals surface area (Å²) in [6.45, 7) is 3.08. The minimum atomic E-state index is -0.337. The second-order valence-corrected chi connectivity index (χ2v) is 9.11. The van der Waals surface area contributed by atoms with Crippen molar-refractivity contribution in [3.05, 3.63) is 74.9 Å². The minimum absolute atomic E-state index is 0.0977. The Bertz CT molecular complexity index is 1390. The molecule has 7 nitrogen and oxygen atoms in total. The number of aromatic amines is 1. The van der Waals surface area contributed by atoms with E-state index in [0.717, 1.165) is 4.70 Å². The Morgan fingerprint density at radius 3 is 2.73 bits per heavy atom. The SMILES string of the molecule is COCc1c(C(=O)N2CCN(Cc3nc4ccccc4c(=O)[nH]3)CC2)sc2cccc(F)c12. The molecule has 1 aliphatic rings. The van der Waals surface area contributed by atoms with Gasteiger partial charge in [0.1, 0.15) is 11.6 Å². The smallest absolute Gasteiger partial charge is 0.264 e. The van der Waals surface area contributed by atoms with Crippen LogP contribution in [-0.2, 0) is 17.9 Å². The maximum Gasteiger partial charge on any atom is 0.264 e. The molecule has 1 fully saturated rings. The highest BCUT2D eigenvalue weighted by molar-refractivity contribution is 7.21. The number of benzene rings is 2. The number of amides is 1. The molecular formula is C24H23FN4O3S. The number of nitrogens with one attached hydrogen (secondary N) is 1. The molecule has 170 valence electrons. The first-order chi connectivity index (χ1) is 16.0. The van der Waals surface area contributed by atoms with E-state index in [9.17, 15) is 14.0 Å². The number of nitrogens with zero attached hydrogens (tertiary/aromatic N) is 3. The Kier molecular flexibility index (Phi) is 5.92. The van der Waals surface area contributed by atoms with E-state index >= 15 is 0 Å². The van der Waals surface area contributed by atoms with Crippen molar-refractivity contribution in [1.82, 2.24) is 19.8 Å². The molecule has 0 atom stereocenters. The average Bonchev–Trinajstić information content (AvgIpc) is 3.19. The van der Waals surface area contributed by atoms with Crippen LogP contribution < -0.4 is 5.56 Å². The van der Waals surface area contributed by atoms with Gasteiger partial charge in [0, 0.05) is 48.9 Å². The highest BCUT2D eigenvalue weighted by atomic mass is 32.1. The van der Waals surface area contributed by atoms with Crippen LogP contribution in [0.1, 0.15) is 21.1 Å². The Morgan fingerprint density at radius 2 is 1.94 bits per heavy atom. The van der Waals surface area contributed by atoms with Crippen LogP contribution in [0.5, 0.6) is 0 Å². The van der Waals surface area contributed by atoms with Gasteiger partial charge in [-0.15, -0.1) is 11.3 Å². The summed E-state index contributed by atoms with van der Waals surface area (Å²) >= 11 is 1.31. The topological polar surface area (TPSA) is 78.5 Å². The van der Waals surface area contributed by atoms with Crippen LogP contribution in [0, 0.1) is 5.82 Å². The molecule has 1 N–H and O–H groups in total. The number of hydrogen-bond acceptors (Lipinski definition) is 6. The number of piperazine rings is 1. The summed E-state index contributed by atoms with van der Waals surface area (Å²) < 4.78 is 20.5. The summed E-state index contributed by atoms with van der Waals surface area (Å²) in [5.74, 6) is 0.178. The molecular weight excluding hydrogens is 443 g/mol. The first-order valence-corrected chi connectivity index (χ1v) is 11.5. The van der Waals surface area contributed by atoms with Crippen molar-refractivity contribution < 1.29 is 13.9 Å². The second-order valence-electron chi connectivity index (χ2n) is 8.05. The van der Waals surface area contributed by atoms with Crippen LogP contribution in [0.4, 0.5) is 4.39 Å². The molecule has 2 aromatic heterocycles. The van der Waals surface area contributed by atoms with E-state index in [2.05, 4.69) is 14.9 Å². The van der Waals surface area contributed by atoms with Gasteiger partial charge in [-0.2, -0.15) is 0 Å². The molecule has 0 saturated carbocycles. The van der Waals surface area contributed by atoms with Crippen molar-refractivity contribution in [1.29, 1.82) is 0 Å². The van der Waals surface area contributed by atoms with E-state index in [-0.39, 0.29) is 23.9 Å². The van der Waals surface area contributed by atoms with Crippen LogP contribution in [0.25, 0.3) is 21.0 Å². The Balaban J connectivity index is 1.31. The zero-order chi connectivity index (χ0) is 22.9. The van der Waals surface area contributed by atoms with Gasteiger partial charge in [-0.3, -0.25) is 14.5 Å². The summed E-state index contributed by atoms with van der Waals surface area (Å²) in [7, 11) is 1.54. The molecule has 1 aliphatic heterocycles.